The van der Waals surface area contributed by atoms with Gasteiger partial charge in [-0.1, -0.05) is 42.5 Å². The first-order chi connectivity index (χ1) is 15.0. The number of carbonyl (C=O) groups excluding carboxylic acids is 1. The highest BCUT2D eigenvalue weighted by Gasteiger charge is 2.25. The van der Waals surface area contributed by atoms with Crippen molar-refractivity contribution in [2.75, 3.05) is 38.7 Å². The molecule has 4 rings (SSSR count). The molecule has 4 aromatic rings. The number of furan rings is 1. The Hall–Kier alpha value is -2.90. The van der Waals surface area contributed by atoms with Gasteiger partial charge in [0, 0.05) is 18.5 Å². The van der Waals surface area contributed by atoms with Crippen molar-refractivity contribution in [1.29, 1.82) is 0 Å². The highest BCUT2D eigenvalue weighted by atomic mass is 32.1. The number of anilines is 1. The highest BCUT2D eigenvalue weighted by Crippen LogP contribution is 2.34. The van der Waals surface area contributed by atoms with Gasteiger partial charge in [-0.15, -0.1) is 0 Å². The van der Waals surface area contributed by atoms with Crippen molar-refractivity contribution in [1.82, 2.24) is 9.88 Å². The maximum Gasteiger partial charge on any atom is 0.295 e. The van der Waals surface area contributed by atoms with Crippen molar-refractivity contribution in [3.05, 3.63) is 53.8 Å². The number of benzene rings is 2. The molecule has 1 amide bonds. The van der Waals surface area contributed by atoms with E-state index < -0.39 is 0 Å². The molecule has 0 bridgehead atoms. The molecule has 6 nitrogen and oxygen atoms in total. The zero-order chi connectivity index (χ0) is 22.0. The van der Waals surface area contributed by atoms with E-state index in [0.29, 0.717) is 36.2 Å². The van der Waals surface area contributed by atoms with Crippen molar-refractivity contribution in [3.8, 4) is 5.75 Å². The molecule has 0 aliphatic carbocycles. The van der Waals surface area contributed by atoms with Crippen LogP contribution in [0.1, 0.15) is 30.0 Å². The fraction of sp³-hybridized carbons (Fsp3) is 0.333. The van der Waals surface area contributed by atoms with Gasteiger partial charge in [0.25, 0.3) is 5.91 Å². The first kappa shape index (κ1) is 21.3. The lowest BCUT2D eigenvalue weighted by Gasteiger charge is -2.20. The van der Waals surface area contributed by atoms with E-state index in [1.54, 1.807) is 11.0 Å². The lowest BCUT2D eigenvalue weighted by atomic mass is 10.1. The molecule has 0 saturated heterocycles. The molecule has 0 fully saturated rings. The van der Waals surface area contributed by atoms with Gasteiger partial charge in [-0.05, 0) is 51.2 Å². The molecule has 31 heavy (non-hydrogen) atoms. The molecule has 2 heterocycles. The smallest absolute Gasteiger partial charge is 0.295 e. The summed E-state index contributed by atoms with van der Waals surface area (Å²) in [6.07, 6.45) is 0.899. The number of para-hydroxylation sites is 2. The minimum atomic E-state index is -0.197. The molecule has 2 aromatic heterocycles. The summed E-state index contributed by atoms with van der Waals surface area (Å²) in [7, 11) is 3.98. The molecule has 0 N–H and O–H groups in total. The van der Waals surface area contributed by atoms with Crippen LogP contribution in [0.5, 0.6) is 5.75 Å². The van der Waals surface area contributed by atoms with Crippen LogP contribution in [-0.4, -0.2) is 49.6 Å². The maximum absolute atomic E-state index is 13.6. The Morgan fingerprint density at radius 1 is 1.13 bits per heavy atom. The second-order valence-electron chi connectivity index (χ2n) is 7.59. The number of fused-ring (bicyclic) bond motifs is 2. The molecule has 0 aliphatic heterocycles. The Morgan fingerprint density at radius 2 is 1.94 bits per heavy atom. The Kier molecular flexibility index (Phi) is 6.25. The van der Waals surface area contributed by atoms with Crippen LogP contribution in [-0.2, 0) is 6.42 Å². The van der Waals surface area contributed by atoms with Crippen molar-refractivity contribution in [2.45, 2.75) is 20.3 Å². The Labute approximate surface area is 186 Å². The summed E-state index contributed by atoms with van der Waals surface area (Å²) in [6.45, 7) is 5.81. The first-order valence-corrected chi connectivity index (χ1v) is 11.3. The third-order valence-corrected chi connectivity index (χ3v) is 6.18. The van der Waals surface area contributed by atoms with Gasteiger partial charge in [0.1, 0.15) is 0 Å². The summed E-state index contributed by atoms with van der Waals surface area (Å²) in [5.74, 6) is 0.736. The SMILES string of the molecule is CCOc1cccc2cc(C(=O)N(CCN(C)C)c3nc4c(CC)cccc4s3)oc12. The summed E-state index contributed by atoms with van der Waals surface area (Å²) in [4.78, 5) is 22.2. The number of hydrogen-bond donors (Lipinski definition) is 0. The van der Waals surface area contributed by atoms with E-state index in [1.807, 2.05) is 45.3 Å². The largest absolute Gasteiger partial charge is 0.490 e. The van der Waals surface area contributed by atoms with Gasteiger partial charge in [0.2, 0.25) is 0 Å². The number of nitrogens with zero attached hydrogens (tertiary/aromatic N) is 3. The van der Waals surface area contributed by atoms with Gasteiger partial charge >= 0.3 is 0 Å². The molecule has 0 spiro atoms. The lowest BCUT2D eigenvalue weighted by molar-refractivity contribution is 0.0960. The van der Waals surface area contributed by atoms with Crippen LogP contribution in [0.3, 0.4) is 0 Å². The zero-order valence-electron chi connectivity index (χ0n) is 18.3. The summed E-state index contributed by atoms with van der Waals surface area (Å²) in [5.41, 5.74) is 2.75. The van der Waals surface area contributed by atoms with Gasteiger partial charge in [-0.25, -0.2) is 4.98 Å². The van der Waals surface area contributed by atoms with Gasteiger partial charge in [-0.2, -0.15) is 0 Å². The summed E-state index contributed by atoms with van der Waals surface area (Å²) >= 11 is 1.54. The monoisotopic (exact) mass is 437 g/mol. The molecule has 162 valence electrons. The van der Waals surface area contributed by atoms with Crippen molar-refractivity contribution in [3.63, 3.8) is 0 Å². The van der Waals surface area contributed by atoms with Crippen molar-refractivity contribution >= 4 is 43.6 Å². The molecule has 0 saturated carbocycles. The molecular formula is C24H27N3O3S. The van der Waals surface area contributed by atoms with Crippen LogP contribution in [0.25, 0.3) is 21.2 Å². The predicted molar refractivity (Wildman–Crippen MR) is 127 cm³/mol. The maximum atomic E-state index is 13.6. The van der Waals surface area contributed by atoms with Gasteiger partial charge in [0.15, 0.2) is 22.2 Å². The van der Waals surface area contributed by atoms with E-state index in [9.17, 15) is 4.79 Å². The number of rotatable bonds is 8. The van der Waals surface area contributed by atoms with Gasteiger partial charge < -0.3 is 14.1 Å². The molecule has 0 atom stereocenters. The first-order valence-electron chi connectivity index (χ1n) is 10.5. The number of likely N-dealkylation sites (N-methyl/N-ethyl adjacent to an activating group) is 1. The van der Waals surface area contributed by atoms with Crippen LogP contribution in [0.4, 0.5) is 5.13 Å². The number of amides is 1. The molecule has 0 radical (unpaired) electrons. The van der Waals surface area contributed by atoms with Crippen molar-refractivity contribution in [2.24, 2.45) is 0 Å². The Bertz CT molecular complexity index is 1210. The van der Waals surface area contributed by atoms with Crippen molar-refractivity contribution < 1.29 is 13.9 Å². The zero-order valence-corrected chi connectivity index (χ0v) is 19.2. The molecule has 0 unspecified atom stereocenters. The van der Waals surface area contributed by atoms with E-state index >= 15 is 0 Å². The van der Waals surface area contributed by atoms with E-state index in [-0.39, 0.29) is 11.7 Å². The summed E-state index contributed by atoms with van der Waals surface area (Å²) in [5, 5.41) is 1.53. The number of carbonyl (C=O) groups is 1. The summed E-state index contributed by atoms with van der Waals surface area (Å²) < 4.78 is 12.7. The van der Waals surface area contributed by atoms with E-state index in [4.69, 9.17) is 14.1 Å². The lowest BCUT2D eigenvalue weighted by Crippen LogP contribution is -2.36. The normalized spacial score (nSPS) is 11.5. The second kappa shape index (κ2) is 9.08. The molecule has 2 aromatic carbocycles. The van der Waals surface area contributed by atoms with Gasteiger partial charge in [-0.3, -0.25) is 9.69 Å². The third kappa shape index (κ3) is 4.29. The molecule has 7 heteroatoms. The van der Waals surface area contributed by atoms with Gasteiger partial charge in [0.05, 0.1) is 16.8 Å². The minimum absolute atomic E-state index is 0.197. The molecular weight excluding hydrogens is 410 g/mol. The van der Waals surface area contributed by atoms with E-state index in [1.165, 1.54) is 16.9 Å². The topological polar surface area (TPSA) is 58.8 Å². The number of hydrogen-bond acceptors (Lipinski definition) is 6. The van der Waals surface area contributed by atoms with Crippen LogP contribution in [0.15, 0.2) is 46.9 Å². The average molecular weight is 438 g/mol. The third-order valence-electron chi connectivity index (χ3n) is 5.14. The van der Waals surface area contributed by atoms with Crippen LogP contribution < -0.4 is 9.64 Å². The number of ether oxygens (including phenoxy) is 1. The number of aryl methyl sites for hydroxylation is 1. The number of aromatic nitrogens is 1. The van der Waals surface area contributed by atoms with E-state index in [0.717, 1.165) is 22.0 Å². The average Bonchev–Trinajstić information content (AvgIpc) is 3.38. The quantitative estimate of drug-likeness (QED) is 0.379. The molecule has 0 aliphatic rings. The van der Waals surface area contributed by atoms with E-state index in [2.05, 4.69) is 24.0 Å². The van der Waals surface area contributed by atoms with Crippen LogP contribution in [0, 0.1) is 0 Å². The minimum Gasteiger partial charge on any atom is -0.490 e. The predicted octanol–water partition coefficient (Wildman–Crippen LogP) is 5.21. The standard InChI is InChI=1S/C24H27N3O3S/c1-5-16-9-8-12-20-21(16)25-24(31-20)27(14-13-26(3)4)23(28)19-15-17-10-7-11-18(29-6-2)22(17)30-19/h7-12,15H,5-6,13-14H2,1-4H3. The Balaban J connectivity index is 1.75. The fourth-order valence-corrected chi connectivity index (χ4v) is 4.56. The fourth-order valence-electron chi connectivity index (χ4n) is 3.52. The summed E-state index contributed by atoms with van der Waals surface area (Å²) in [6, 6.07) is 13.7. The number of thiazole rings is 1. The second-order valence-corrected chi connectivity index (χ2v) is 8.60. The van der Waals surface area contributed by atoms with Crippen LogP contribution >= 0.6 is 11.3 Å². The van der Waals surface area contributed by atoms with Crippen LogP contribution in [0.2, 0.25) is 0 Å². The highest BCUT2D eigenvalue weighted by molar-refractivity contribution is 7.22. The Morgan fingerprint density at radius 3 is 2.68 bits per heavy atom.